The van der Waals surface area contributed by atoms with Crippen LogP contribution in [0.25, 0.3) is 0 Å². The van der Waals surface area contributed by atoms with Crippen LogP contribution in [0.2, 0.25) is 0 Å². The summed E-state index contributed by atoms with van der Waals surface area (Å²) in [5.41, 5.74) is 0. The number of quaternary nitrogens is 1. The molecule has 0 aliphatic rings. The number of aliphatic hydroxyl groups is 3. The Kier molecular flexibility index (Phi) is 30.8. The van der Waals surface area contributed by atoms with Crippen molar-refractivity contribution in [3.8, 4) is 0 Å². The minimum atomic E-state index is -1.08. The molecule has 0 aliphatic carbocycles. The van der Waals surface area contributed by atoms with Crippen molar-refractivity contribution < 1.29 is 29.7 Å². The van der Waals surface area contributed by atoms with Gasteiger partial charge in [-0.25, -0.2) is 0 Å². The van der Waals surface area contributed by atoms with Crippen molar-refractivity contribution in [1.29, 1.82) is 0 Å². The molecule has 0 unspecified atom stereocenters. The smallest absolute Gasteiger partial charge is 0.0808 e. The second kappa shape index (κ2) is 29.5. The van der Waals surface area contributed by atoms with Crippen molar-refractivity contribution in [2.24, 2.45) is 0 Å². The lowest BCUT2D eigenvalue weighted by molar-refractivity contribution is -0.929. The normalized spacial score (nSPS) is 11.3. The van der Waals surface area contributed by atoms with Crippen molar-refractivity contribution >= 4 is 5.97 Å². The molecule has 0 rings (SSSR count). The molecule has 0 aliphatic heterocycles. The molecule has 0 atom stereocenters. The van der Waals surface area contributed by atoms with Gasteiger partial charge in [0.1, 0.15) is 0 Å². The molecule has 0 saturated heterocycles. The van der Waals surface area contributed by atoms with Crippen molar-refractivity contribution in [2.45, 2.75) is 136 Å². The summed E-state index contributed by atoms with van der Waals surface area (Å²) >= 11 is 0. The van der Waals surface area contributed by atoms with Gasteiger partial charge in [-0.05, 0) is 19.8 Å². The van der Waals surface area contributed by atoms with Gasteiger partial charge < -0.3 is 29.7 Å². The molecule has 0 aromatic heterocycles. The number of nitrogens with zero attached hydrogens (tertiary/aromatic N) is 1. The summed E-state index contributed by atoms with van der Waals surface area (Å²) in [6.07, 6.45) is 24.7. The lowest BCUT2D eigenvalue weighted by Gasteiger charge is -2.39. The first-order chi connectivity index (χ1) is 17.0. The zero-order valence-corrected chi connectivity index (χ0v) is 23.5. The summed E-state index contributed by atoms with van der Waals surface area (Å²) < 4.78 is 0.959. The Labute approximate surface area is 217 Å². The Hall–Kier alpha value is -0.690. The van der Waals surface area contributed by atoms with E-state index < -0.39 is 5.97 Å². The van der Waals surface area contributed by atoms with Gasteiger partial charge in [0, 0.05) is 45.1 Å². The number of carboxylic acid groups (broad SMARTS) is 1. The van der Waals surface area contributed by atoms with E-state index in [4.69, 9.17) is 9.90 Å². The summed E-state index contributed by atoms with van der Waals surface area (Å²) in [5.74, 6) is -1.08. The number of aliphatic hydroxyl groups excluding tert-OH is 3. The van der Waals surface area contributed by atoms with E-state index in [1.807, 2.05) is 0 Å². The monoisotopic (exact) mass is 503 g/mol. The molecule has 0 saturated carbocycles. The maximum Gasteiger partial charge on any atom is 0.0808 e. The summed E-state index contributed by atoms with van der Waals surface area (Å²) in [5, 5.41) is 36.7. The second-order valence-corrected chi connectivity index (χ2v) is 10.3. The van der Waals surface area contributed by atoms with Crippen molar-refractivity contribution in [3.05, 3.63) is 0 Å². The van der Waals surface area contributed by atoms with Crippen LogP contribution in [0.1, 0.15) is 136 Å². The lowest BCUT2D eigenvalue weighted by Crippen LogP contribution is -2.51. The van der Waals surface area contributed by atoms with E-state index in [9.17, 15) is 15.3 Å². The summed E-state index contributed by atoms with van der Waals surface area (Å²) in [4.78, 5) is 8.89. The minimum absolute atomic E-state index is 0.233. The van der Waals surface area contributed by atoms with Gasteiger partial charge in [-0.1, -0.05) is 96.8 Å². The number of hydrogen-bond acceptors (Lipinski definition) is 5. The molecule has 0 radical (unpaired) electrons. The first-order valence-corrected chi connectivity index (χ1v) is 14.8. The fraction of sp³-hybridized carbons (Fsp3) is 0.966. The Morgan fingerprint density at radius 1 is 0.514 bits per heavy atom. The first-order valence-electron chi connectivity index (χ1n) is 14.8. The molecule has 0 amide bonds. The van der Waals surface area contributed by atoms with Crippen LogP contribution in [0.3, 0.4) is 0 Å². The molecular weight excluding hydrogens is 442 g/mol. The largest absolute Gasteiger partial charge is 0.550 e. The molecule has 6 nitrogen and oxygen atoms in total. The lowest BCUT2D eigenvalue weighted by atomic mass is 10.0. The summed E-state index contributed by atoms with van der Waals surface area (Å²) in [6.45, 7) is 7.98. The summed E-state index contributed by atoms with van der Waals surface area (Å²) in [7, 11) is 0. The van der Waals surface area contributed by atoms with Gasteiger partial charge >= 0.3 is 0 Å². The fourth-order valence-electron chi connectivity index (χ4n) is 4.88. The Bertz CT molecular complexity index is 394. The number of carbonyl (C=O) groups is 1. The van der Waals surface area contributed by atoms with Crippen molar-refractivity contribution in [2.75, 3.05) is 46.0 Å². The highest BCUT2D eigenvalue weighted by atomic mass is 16.4. The van der Waals surface area contributed by atoms with Crippen molar-refractivity contribution in [3.63, 3.8) is 0 Å². The number of unbranched alkanes of at least 4 members (excludes halogenated alkanes) is 15. The predicted octanol–water partition coefficient (Wildman–Crippen LogP) is 4.97. The third-order valence-corrected chi connectivity index (χ3v) is 6.86. The van der Waals surface area contributed by atoms with Gasteiger partial charge in [0.2, 0.25) is 0 Å². The number of rotatable bonds is 26. The average molecular weight is 504 g/mol. The highest BCUT2D eigenvalue weighted by Crippen LogP contribution is 2.17. The molecule has 0 bridgehead atoms. The van der Waals surface area contributed by atoms with Gasteiger partial charge in [0.05, 0.1) is 26.2 Å². The Morgan fingerprint density at radius 2 is 0.743 bits per heavy atom. The van der Waals surface area contributed by atoms with Gasteiger partial charge in [0.15, 0.2) is 0 Å². The van der Waals surface area contributed by atoms with E-state index in [0.29, 0.717) is 0 Å². The van der Waals surface area contributed by atoms with Crippen LogP contribution in [-0.4, -0.2) is 71.8 Å². The molecule has 0 aromatic rings. The van der Waals surface area contributed by atoms with Crippen LogP contribution >= 0.6 is 0 Å². The quantitative estimate of drug-likeness (QED) is 0.114. The summed E-state index contributed by atoms with van der Waals surface area (Å²) in [6, 6.07) is 0. The van der Waals surface area contributed by atoms with E-state index in [1.165, 1.54) is 103 Å². The third-order valence-electron chi connectivity index (χ3n) is 6.86. The molecular formula is C29H61NO5. The highest BCUT2D eigenvalue weighted by molar-refractivity contribution is 5.60. The average Bonchev–Trinajstić information content (AvgIpc) is 2.84. The van der Waals surface area contributed by atoms with Crippen LogP contribution in [0.15, 0.2) is 0 Å². The zero-order valence-electron chi connectivity index (χ0n) is 23.5. The number of aliphatic carboxylic acids is 1. The van der Waals surface area contributed by atoms with Crippen LogP contribution in [-0.2, 0) is 4.79 Å². The number of carboxylic acids is 1. The SMILES string of the molecule is CC(=O)[O-].CCCCCCCCCCCCCCCCCC[N+](CCCO)(CCCO)CCCO. The van der Waals surface area contributed by atoms with E-state index >= 15 is 0 Å². The Balaban J connectivity index is 0. The van der Waals surface area contributed by atoms with Gasteiger partial charge in [-0.2, -0.15) is 0 Å². The van der Waals surface area contributed by atoms with Gasteiger partial charge in [0.25, 0.3) is 0 Å². The second-order valence-electron chi connectivity index (χ2n) is 10.3. The first kappa shape index (κ1) is 36.5. The van der Waals surface area contributed by atoms with Crippen LogP contribution in [0, 0.1) is 0 Å². The topological polar surface area (TPSA) is 101 Å². The van der Waals surface area contributed by atoms with E-state index in [1.54, 1.807) is 0 Å². The van der Waals surface area contributed by atoms with Crippen LogP contribution in [0.4, 0.5) is 0 Å². The predicted molar refractivity (Wildman–Crippen MR) is 145 cm³/mol. The van der Waals surface area contributed by atoms with Crippen LogP contribution in [0.5, 0.6) is 0 Å². The number of carbonyl (C=O) groups excluding carboxylic acids is 1. The molecule has 0 spiro atoms. The molecule has 35 heavy (non-hydrogen) atoms. The van der Waals surface area contributed by atoms with Crippen molar-refractivity contribution in [1.82, 2.24) is 0 Å². The molecule has 0 heterocycles. The Morgan fingerprint density at radius 3 is 1.00 bits per heavy atom. The standard InChI is InChI=1S/C27H58NO3.C2H4O2/c1-2-3-4-5-6-7-8-9-10-11-12-13-14-15-16-17-21-28(22-18-25-29,23-19-26-30)24-20-27-31;1-2(3)4/h29-31H,2-27H2,1H3;1H3,(H,3,4)/q+1;/p-1. The molecule has 0 fully saturated rings. The molecule has 3 N–H and O–H groups in total. The molecule has 212 valence electrons. The molecule has 6 heteroatoms. The maximum absolute atomic E-state index is 9.28. The molecule has 0 aromatic carbocycles. The zero-order chi connectivity index (χ0) is 26.5. The highest BCUT2D eigenvalue weighted by Gasteiger charge is 2.25. The van der Waals surface area contributed by atoms with Gasteiger partial charge in [-0.15, -0.1) is 0 Å². The van der Waals surface area contributed by atoms with Gasteiger partial charge in [-0.3, -0.25) is 0 Å². The van der Waals surface area contributed by atoms with E-state index in [0.717, 1.165) is 56.8 Å². The fourth-order valence-corrected chi connectivity index (χ4v) is 4.88. The maximum atomic E-state index is 9.28. The minimum Gasteiger partial charge on any atom is -0.550 e. The van der Waals surface area contributed by atoms with E-state index in [2.05, 4.69) is 6.92 Å². The van der Waals surface area contributed by atoms with E-state index in [-0.39, 0.29) is 19.8 Å². The van der Waals surface area contributed by atoms with Crippen LogP contribution < -0.4 is 5.11 Å². The third kappa shape index (κ3) is 29.4. The number of hydrogen-bond donors (Lipinski definition) is 3.